The molecule has 0 amide bonds. The van der Waals surface area contributed by atoms with E-state index in [-0.39, 0.29) is 11.5 Å². The van der Waals surface area contributed by atoms with Gasteiger partial charge in [0.2, 0.25) is 0 Å². The normalized spacial score (nSPS) is 17.3. The predicted molar refractivity (Wildman–Crippen MR) is 98.3 cm³/mol. The second-order valence-corrected chi connectivity index (χ2v) is 8.43. The van der Waals surface area contributed by atoms with Crippen molar-refractivity contribution in [2.75, 3.05) is 0 Å². The van der Waals surface area contributed by atoms with Crippen molar-refractivity contribution in [1.29, 1.82) is 0 Å². The summed E-state index contributed by atoms with van der Waals surface area (Å²) in [5, 5.41) is 9.90. The number of rotatable bonds is 4. The Kier molecular flexibility index (Phi) is 4.51. The molecule has 1 aromatic carbocycles. The van der Waals surface area contributed by atoms with Gasteiger partial charge in [-0.2, -0.15) is 0 Å². The zero-order chi connectivity index (χ0) is 17.5. The van der Waals surface area contributed by atoms with Gasteiger partial charge in [0.1, 0.15) is 0 Å². The number of nitrogens with two attached hydrogens (primary N) is 1. The molecule has 4 N–H and O–H groups in total. The van der Waals surface area contributed by atoms with E-state index in [2.05, 4.69) is 19.3 Å². The SMILES string of the molecule is C[C@H](NN)c1ccccc1-c1sc2c(c1C(=O)O)CC(C)(C)CC2. The average molecular weight is 344 g/mol. The molecule has 5 heteroatoms. The summed E-state index contributed by atoms with van der Waals surface area (Å²) in [6.45, 7) is 6.41. The summed E-state index contributed by atoms with van der Waals surface area (Å²) < 4.78 is 0. The molecule has 0 saturated carbocycles. The Balaban J connectivity index is 2.21. The molecule has 0 spiro atoms. The summed E-state index contributed by atoms with van der Waals surface area (Å²) in [7, 11) is 0. The van der Waals surface area contributed by atoms with Crippen LogP contribution in [0.5, 0.6) is 0 Å². The minimum atomic E-state index is -0.830. The van der Waals surface area contributed by atoms with E-state index in [0.29, 0.717) is 5.56 Å². The topological polar surface area (TPSA) is 75.3 Å². The maximum Gasteiger partial charge on any atom is 0.337 e. The lowest BCUT2D eigenvalue weighted by Gasteiger charge is -2.29. The van der Waals surface area contributed by atoms with Crippen LogP contribution in [0.15, 0.2) is 24.3 Å². The quantitative estimate of drug-likeness (QED) is 0.575. The summed E-state index contributed by atoms with van der Waals surface area (Å²) >= 11 is 1.64. The van der Waals surface area contributed by atoms with Crippen molar-refractivity contribution in [3.63, 3.8) is 0 Å². The van der Waals surface area contributed by atoms with Gasteiger partial charge in [-0.05, 0) is 48.3 Å². The Morgan fingerprint density at radius 2 is 2.08 bits per heavy atom. The number of hydrogen-bond acceptors (Lipinski definition) is 4. The van der Waals surface area contributed by atoms with Gasteiger partial charge in [-0.15, -0.1) is 11.3 Å². The Labute approximate surface area is 146 Å². The highest BCUT2D eigenvalue weighted by molar-refractivity contribution is 7.16. The van der Waals surface area contributed by atoms with Crippen molar-refractivity contribution < 1.29 is 9.90 Å². The molecule has 1 atom stereocenters. The van der Waals surface area contributed by atoms with Crippen LogP contribution < -0.4 is 11.3 Å². The van der Waals surface area contributed by atoms with Crippen LogP contribution in [0.3, 0.4) is 0 Å². The molecule has 24 heavy (non-hydrogen) atoms. The van der Waals surface area contributed by atoms with Crippen molar-refractivity contribution >= 4 is 17.3 Å². The van der Waals surface area contributed by atoms with Crippen molar-refractivity contribution in [3.05, 3.63) is 45.8 Å². The maximum atomic E-state index is 12.1. The molecule has 1 aromatic heterocycles. The van der Waals surface area contributed by atoms with Crippen LogP contribution in [0.2, 0.25) is 0 Å². The molecular formula is C19H24N2O2S. The third kappa shape index (κ3) is 2.99. The van der Waals surface area contributed by atoms with Crippen molar-refractivity contribution in [2.45, 2.75) is 46.1 Å². The molecule has 0 radical (unpaired) electrons. The second-order valence-electron chi connectivity index (χ2n) is 7.33. The van der Waals surface area contributed by atoms with Gasteiger partial charge >= 0.3 is 5.97 Å². The summed E-state index contributed by atoms with van der Waals surface area (Å²) in [6.07, 6.45) is 2.88. The standard InChI is InChI=1S/C19H24N2O2S/c1-11(21-20)12-6-4-5-7-13(12)17-16(18(22)23)14-10-19(2,3)9-8-15(14)24-17/h4-7,11,21H,8-10,20H2,1-3H3,(H,22,23)/t11-/m0/s1. The Morgan fingerprint density at radius 1 is 1.38 bits per heavy atom. The van der Waals surface area contributed by atoms with Gasteiger partial charge in [0.15, 0.2) is 0 Å². The molecule has 1 heterocycles. The first kappa shape index (κ1) is 17.1. The molecule has 0 fully saturated rings. The van der Waals surface area contributed by atoms with E-state index in [1.54, 1.807) is 11.3 Å². The molecule has 4 nitrogen and oxygen atoms in total. The highest BCUT2D eigenvalue weighted by atomic mass is 32.1. The zero-order valence-corrected chi connectivity index (χ0v) is 15.2. The number of aromatic carboxylic acids is 1. The first-order chi connectivity index (χ1) is 11.3. The minimum absolute atomic E-state index is 0.0431. The van der Waals surface area contributed by atoms with E-state index in [1.807, 2.05) is 31.2 Å². The third-order valence-electron chi connectivity index (χ3n) is 4.91. The Morgan fingerprint density at radius 3 is 2.75 bits per heavy atom. The van der Waals surface area contributed by atoms with Crippen LogP contribution in [-0.2, 0) is 12.8 Å². The number of carbonyl (C=O) groups is 1. The van der Waals surface area contributed by atoms with Gasteiger partial charge in [0, 0.05) is 15.8 Å². The average Bonchev–Trinajstić information content (AvgIpc) is 2.91. The number of fused-ring (bicyclic) bond motifs is 1. The fourth-order valence-corrected chi connectivity index (χ4v) is 4.86. The molecule has 1 aliphatic carbocycles. The zero-order valence-electron chi connectivity index (χ0n) is 14.3. The number of nitrogens with one attached hydrogen (secondary N) is 1. The van der Waals surface area contributed by atoms with Gasteiger partial charge in [-0.3, -0.25) is 11.3 Å². The van der Waals surface area contributed by atoms with Crippen LogP contribution in [0.4, 0.5) is 0 Å². The Bertz CT molecular complexity index is 780. The lowest BCUT2D eigenvalue weighted by Crippen LogP contribution is -2.26. The summed E-state index contributed by atoms with van der Waals surface area (Å²) in [5.74, 6) is 4.79. The number of carboxylic acids is 1. The minimum Gasteiger partial charge on any atom is -0.478 e. The fraction of sp³-hybridized carbons (Fsp3) is 0.421. The van der Waals surface area contributed by atoms with Gasteiger partial charge in [-0.25, -0.2) is 4.79 Å². The van der Waals surface area contributed by atoms with Gasteiger partial charge in [0.25, 0.3) is 0 Å². The molecule has 3 rings (SSSR count). The van der Waals surface area contributed by atoms with E-state index >= 15 is 0 Å². The van der Waals surface area contributed by atoms with Crippen LogP contribution in [0, 0.1) is 5.41 Å². The fourth-order valence-electron chi connectivity index (χ4n) is 3.51. The van der Waals surface area contributed by atoms with E-state index in [9.17, 15) is 9.90 Å². The van der Waals surface area contributed by atoms with Gasteiger partial charge < -0.3 is 5.11 Å². The van der Waals surface area contributed by atoms with Crippen molar-refractivity contribution in [2.24, 2.45) is 11.3 Å². The molecule has 128 valence electrons. The molecule has 0 unspecified atom stereocenters. The Hall–Kier alpha value is -1.69. The highest BCUT2D eigenvalue weighted by Crippen LogP contribution is 2.46. The summed E-state index contributed by atoms with van der Waals surface area (Å²) in [6, 6.07) is 7.88. The van der Waals surface area contributed by atoms with Crippen LogP contribution in [0.25, 0.3) is 10.4 Å². The molecule has 1 aliphatic rings. The van der Waals surface area contributed by atoms with Crippen molar-refractivity contribution in [3.8, 4) is 10.4 Å². The van der Waals surface area contributed by atoms with Gasteiger partial charge in [0.05, 0.1) is 5.56 Å². The second kappa shape index (κ2) is 6.31. The van der Waals surface area contributed by atoms with E-state index in [4.69, 9.17) is 5.84 Å². The van der Waals surface area contributed by atoms with Crippen LogP contribution in [-0.4, -0.2) is 11.1 Å². The summed E-state index contributed by atoms with van der Waals surface area (Å²) in [4.78, 5) is 14.1. The summed E-state index contributed by atoms with van der Waals surface area (Å²) in [5.41, 5.74) is 6.44. The van der Waals surface area contributed by atoms with Gasteiger partial charge in [-0.1, -0.05) is 38.1 Å². The van der Waals surface area contributed by atoms with E-state index < -0.39 is 5.97 Å². The number of carboxylic acid groups (broad SMARTS) is 1. The van der Waals surface area contributed by atoms with E-state index in [1.165, 1.54) is 4.88 Å². The monoisotopic (exact) mass is 344 g/mol. The molecular weight excluding hydrogens is 320 g/mol. The molecule has 0 saturated heterocycles. The van der Waals surface area contributed by atoms with Crippen LogP contribution >= 0.6 is 11.3 Å². The number of benzene rings is 1. The van der Waals surface area contributed by atoms with Crippen LogP contribution in [0.1, 0.15) is 59.6 Å². The lowest BCUT2D eigenvalue weighted by molar-refractivity contribution is 0.0696. The molecule has 0 aliphatic heterocycles. The molecule has 2 aromatic rings. The lowest BCUT2D eigenvalue weighted by atomic mass is 9.76. The number of thiophene rings is 1. The third-order valence-corrected chi connectivity index (χ3v) is 6.24. The highest BCUT2D eigenvalue weighted by Gasteiger charge is 2.33. The largest absolute Gasteiger partial charge is 0.478 e. The first-order valence-corrected chi connectivity index (χ1v) is 9.09. The van der Waals surface area contributed by atoms with E-state index in [0.717, 1.165) is 40.8 Å². The number of aryl methyl sites for hydroxylation is 1. The molecule has 0 bridgehead atoms. The number of hydrazine groups is 1. The maximum absolute atomic E-state index is 12.1. The number of hydrogen-bond donors (Lipinski definition) is 3. The smallest absolute Gasteiger partial charge is 0.337 e. The first-order valence-electron chi connectivity index (χ1n) is 8.27. The predicted octanol–water partition coefficient (Wildman–Crippen LogP) is 4.15. The van der Waals surface area contributed by atoms with Crippen molar-refractivity contribution in [1.82, 2.24) is 5.43 Å².